The van der Waals surface area contributed by atoms with Crippen LogP contribution in [0.25, 0.3) is 0 Å². The Morgan fingerprint density at radius 2 is 1.68 bits per heavy atom. The van der Waals surface area contributed by atoms with E-state index in [0.717, 1.165) is 18.8 Å². The van der Waals surface area contributed by atoms with Gasteiger partial charge in [0.2, 0.25) is 5.91 Å². The smallest absolute Gasteiger partial charge is 0.227 e. The molecule has 2 aromatic rings. The molecule has 0 spiro atoms. The number of amides is 1. The van der Waals surface area contributed by atoms with E-state index in [1.807, 2.05) is 29.2 Å². The maximum Gasteiger partial charge on any atom is 0.227 e. The number of carbonyl (C=O) groups excluding carboxylic acids is 2. The second-order valence-corrected chi connectivity index (χ2v) is 6.28. The van der Waals surface area contributed by atoms with Crippen LogP contribution in [0.2, 0.25) is 0 Å². The molecule has 3 rings (SSSR count). The predicted molar refractivity (Wildman–Crippen MR) is 95.3 cm³/mol. The number of benzene rings is 2. The van der Waals surface area contributed by atoms with Gasteiger partial charge in [0.25, 0.3) is 0 Å². The van der Waals surface area contributed by atoms with E-state index >= 15 is 0 Å². The zero-order valence-electron chi connectivity index (χ0n) is 14.2. The Morgan fingerprint density at radius 3 is 2.28 bits per heavy atom. The maximum atomic E-state index is 13.2. The van der Waals surface area contributed by atoms with Crippen LogP contribution in [0.1, 0.15) is 22.8 Å². The number of nitrogens with zero attached hydrogens (tertiary/aromatic N) is 2. The molecule has 1 aliphatic heterocycles. The highest BCUT2D eigenvalue weighted by Crippen LogP contribution is 2.18. The molecule has 2 aromatic carbocycles. The van der Waals surface area contributed by atoms with E-state index in [0.29, 0.717) is 24.2 Å². The van der Waals surface area contributed by atoms with Crippen molar-refractivity contribution in [2.45, 2.75) is 13.3 Å². The lowest BCUT2D eigenvalue weighted by Crippen LogP contribution is -2.49. The number of piperazine rings is 1. The van der Waals surface area contributed by atoms with Crippen molar-refractivity contribution in [3.05, 3.63) is 65.5 Å². The quantitative estimate of drug-likeness (QED) is 0.804. The topological polar surface area (TPSA) is 40.6 Å². The molecule has 0 unspecified atom stereocenters. The molecule has 0 aliphatic carbocycles. The van der Waals surface area contributed by atoms with Gasteiger partial charge in [-0.2, -0.15) is 0 Å². The Morgan fingerprint density at radius 1 is 1.00 bits per heavy atom. The normalized spacial score (nSPS) is 14.5. The van der Waals surface area contributed by atoms with Crippen molar-refractivity contribution in [2.24, 2.45) is 0 Å². The molecular formula is C20H21FN2O2. The van der Waals surface area contributed by atoms with Crippen LogP contribution in [-0.4, -0.2) is 42.8 Å². The van der Waals surface area contributed by atoms with Crippen LogP contribution in [0.15, 0.2) is 48.5 Å². The van der Waals surface area contributed by atoms with Gasteiger partial charge in [-0.05, 0) is 48.9 Å². The van der Waals surface area contributed by atoms with Gasteiger partial charge in [-0.1, -0.05) is 12.1 Å². The first-order valence-corrected chi connectivity index (χ1v) is 8.41. The Balaban J connectivity index is 1.56. The van der Waals surface area contributed by atoms with Crippen molar-refractivity contribution in [3.8, 4) is 0 Å². The van der Waals surface area contributed by atoms with Crippen molar-refractivity contribution in [3.63, 3.8) is 0 Å². The first-order chi connectivity index (χ1) is 12.0. The van der Waals surface area contributed by atoms with E-state index in [2.05, 4.69) is 4.90 Å². The zero-order chi connectivity index (χ0) is 17.8. The molecule has 0 bridgehead atoms. The van der Waals surface area contributed by atoms with Crippen LogP contribution < -0.4 is 4.90 Å². The van der Waals surface area contributed by atoms with E-state index < -0.39 is 0 Å². The SMILES string of the molecule is CC(=O)c1ccc(N2CCN(C(=O)Cc3cccc(F)c3)CC2)cc1. The second kappa shape index (κ2) is 7.47. The Hall–Kier alpha value is -2.69. The lowest BCUT2D eigenvalue weighted by atomic mass is 10.1. The van der Waals surface area contributed by atoms with Gasteiger partial charge in [0.15, 0.2) is 5.78 Å². The minimum Gasteiger partial charge on any atom is -0.368 e. The number of hydrogen-bond acceptors (Lipinski definition) is 3. The van der Waals surface area contributed by atoms with Crippen molar-refractivity contribution < 1.29 is 14.0 Å². The summed E-state index contributed by atoms with van der Waals surface area (Å²) in [5, 5.41) is 0. The van der Waals surface area contributed by atoms with Crippen molar-refractivity contribution in [1.82, 2.24) is 4.90 Å². The molecule has 1 aliphatic rings. The van der Waals surface area contributed by atoms with Gasteiger partial charge in [0.1, 0.15) is 5.82 Å². The van der Waals surface area contributed by atoms with Crippen molar-refractivity contribution in [1.29, 1.82) is 0 Å². The molecule has 0 aromatic heterocycles. The van der Waals surface area contributed by atoms with E-state index in [-0.39, 0.29) is 23.9 Å². The molecule has 5 heteroatoms. The average molecular weight is 340 g/mol. The van der Waals surface area contributed by atoms with Gasteiger partial charge in [-0.25, -0.2) is 4.39 Å². The van der Waals surface area contributed by atoms with Gasteiger partial charge in [0, 0.05) is 37.4 Å². The summed E-state index contributed by atoms with van der Waals surface area (Å²) in [5.74, 6) is -0.236. The van der Waals surface area contributed by atoms with E-state index in [9.17, 15) is 14.0 Å². The van der Waals surface area contributed by atoms with Crippen molar-refractivity contribution in [2.75, 3.05) is 31.1 Å². The Kier molecular flexibility index (Phi) is 5.12. The first kappa shape index (κ1) is 17.1. The average Bonchev–Trinajstić information content (AvgIpc) is 2.62. The van der Waals surface area contributed by atoms with Crippen LogP contribution in [0, 0.1) is 5.82 Å². The van der Waals surface area contributed by atoms with Crippen molar-refractivity contribution >= 4 is 17.4 Å². The number of rotatable bonds is 4. The molecule has 0 N–H and O–H groups in total. The summed E-state index contributed by atoms with van der Waals surface area (Å²) in [6.45, 7) is 4.33. The van der Waals surface area contributed by atoms with Crippen LogP contribution in [0.4, 0.5) is 10.1 Å². The number of Topliss-reactive ketones (excluding diaryl/α,β-unsaturated/α-hetero) is 1. The third kappa shape index (κ3) is 4.24. The lowest BCUT2D eigenvalue weighted by molar-refractivity contribution is -0.130. The molecule has 1 saturated heterocycles. The van der Waals surface area contributed by atoms with Crippen LogP contribution >= 0.6 is 0 Å². The minimum atomic E-state index is -0.316. The van der Waals surface area contributed by atoms with E-state index in [1.54, 1.807) is 19.1 Å². The Labute approximate surface area is 146 Å². The fraction of sp³-hybridized carbons (Fsp3) is 0.300. The molecule has 25 heavy (non-hydrogen) atoms. The van der Waals surface area contributed by atoms with Gasteiger partial charge in [-0.3, -0.25) is 9.59 Å². The fourth-order valence-corrected chi connectivity index (χ4v) is 3.05. The highest BCUT2D eigenvalue weighted by Gasteiger charge is 2.21. The number of anilines is 1. The number of carbonyl (C=O) groups is 2. The summed E-state index contributed by atoms with van der Waals surface area (Å²) in [4.78, 5) is 27.8. The standard InChI is InChI=1S/C20H21FN2O2/c1-15(24)17-5-7-19(8-6-17)22-9-11-23(12-10-22)20(25)14-16-3-2-4-18(21)13-16/h2-8,13H,9-12,14H2,1H3. The lowest BCUT2D eigenvalue weighted by Gasteiger charge is -2.36. The number of hydrogen-bond donors (Lipinski definition) is 0. The summed E-state index contributed by atoms with van der Waals surface area (Å²) < 4.78 is 13.2. The highest BCUT2D eigenvalue weighted by atomic mass is 19.1. The molecule has 0 atom stereocenters. The fourth-order valence-electron chi connectivity index (χ4n) is 3.05. The summed E-state index contributed by atoms with van der Waals surface area (Å²) >= 11 is 0. The molecule has 0 saturated carbocycles. The molecule has 130 valence electrons. The summed E-state index contributed by atoms with van der Waals surface area (Å²) in [6.07, 6.45) is 0.227. The second-order valence-electron chi connectivity index (χ2n) is 6.28. The highest BCUT2D eigenvalue weighted by molar-refractivity contribution is 5.94. The van der Waals surface area contributed by atoms with E-state index in [1.165, 1.54) is 12.1 Å². The predicted octanol–water partition coefficient (Wildman–Crippen LogP) is 2.92. The van der Waals surface area contributed by atoms with Crippen LogP contribution in [0.5, 0.6) is 0 Å². The third-order valence-electron chi connectivity index (χ3n) is 4.52. The van der Waals surface area contributed by atoms with Gasteiger partial charge in [-0.15, -0.1) is 0 Å². The summed E-state index contributed by atoms with van der Waals surface area (Å²) in [6, 6.07) is 13.7. The molecule has 1 amide bonds. The first-order valence-electron chi connectivity index (χ1n) is 8.41. The number of ketones is 1. The molecular weight excluding hydrogens is 319 g/mol. The van der Waals surface area contributed by atoms with Gasteiger partial charge >= 0.3 is 0 Å². The monoisotopic (exact) mass is 340 g/mol. The zero-order valence-corrected chi connectivity index (χ0v) is 14.2. The molecule has 0 radical (unpaired) electrons. The van der Waals surface area contributed by atoms with Crippen LogP contribution in [-0.2, 0) is 11.2 Å². The third-order valence-corrected chi connectivity index (χ3v) is 4.52. The number of halogens is 1. The summed E-state index contributed by atoms with van der Waals surface area (Å²) in [5.41, 5.74) is 2.46. The Bertz CT molecular complexity index is 766. The largest absolute Gasteiger partial charge is 0.368 e. The van der Waals surface area contributed by atoms with E-state index in [4.69, 9.17) is 0 Å². The maximum absolute atomic E-state index is 13.2. The molecule has 1 heterocycles. The molecule has 1 fully saturated rings. The molecule has 4 nitrogen and oxygen atoms in total. The van der Waals surface area contributed by atoms with Gasteiger partial charge in [0.05, 0.1) is 6.42 Å². The minimum absolute atomic E-state index is 0.0252. The van der Waals surface area contributed by atoms with Gasteiger partial charge < -0.3 is 9.80 Å². The van der Waals surface area contributed by atoms with Crippen LogP contribution in [0.3, 0.4) is 0 Å². The summed E-state index contributed by atoms with van der Waals surface area (Å²) in [7, 11) is 0.